The number of hydrogen-bond donors (Lipinski definition) is 1. The van der Waals surface area contributed by atoms with Gasteiger partial charge in [-0.2, -0.15) is 18.2 Å². The molecule has 32 heavy (non-hydrogen) atoms. The Bertz CT molecular complexity index is 1130. The van der Waals surface area contributed by atoms with Crippen LogP contribution in [0.4, 0.5) is 17.6 Å². The molecule has 1 atom stereocenters. The summed E-state index contributed by atoms with van der Waals surface area (Å²) in [6, 6.07) is 9.04. The summed E-state index contributed by atoms with van der Waals surface area (Å²) in [4.78, 5) is 20.8. The quantitative estimate of drug-likeness (QED) is 0.302. The van der Waals surface area contributed by atoms with E-state index in [2.05, 4.69) is 25.1 Å². The van der Waals surface area contributed by atoms with Crippen molar-refractivity contribution in [2.45, 2.75) is 25.7 Å². The summed E-state index contributed by atoms with van der Waals surface area (Å²) in [6.07, 6.45) is -3.44. The monoisotopic (exact) mass is 470 g/mol. The molecule has 0 spiro atoms. The van der Waals surface area contributed by atoms with Gasteiger partial charge in [-0.1, -0.05) is 40.1 Å². The maximum absolute atomic E-state index is 13.0. The van der Waals surface area contributed by atoms with Gasteiger partial charge in [0.15, 0.2) is 0 Å². The number of nitrogens with one attached hydrogen (secondary N) is 1. The van der Waals surface area contributed by atoms with Gasteiger partial charge in [0.2, 0.25) is 5.82 Å². The molecule has 12 heteroatoms. The van der Waals surface area contributed by atoms with E-state index in [-0.39, 0.29) is 28.6 Å². The summed E-state index contributed by atoms with van der Waals surface area (Å²) < 4.78 is 55.1. The molecule has 0 bridgehead atoms. The third-order valence-corrected chi connectivity index (χ3v) is 4.36. The minimum Gasteiger partial charge on any atom is -0.391 e. The number of oxime groups is 1. The van der Waals surface area contributed by atoms with Gasteiger partial charge in [0.05, 0.1) is 17.3 Å². The Balaban J connectivity index is 1.57. The number of aromatic nitrogens is 2. The minimum absolute atomic E-state index is 0.00292. The van der Waals surface area contributed by atoms with Crippen molar-refractivity contribution in [1.29, 1.82) is 0 Å². The van der Waals surface area contributed by atoms with Crippen LogP contribution in [0.1, 0.15) is 28.7 Å². The minimum atomic E-state index is -4.76. The van der Waals surface area contributed by atoms with E-state index < -0.39 is 29.8 Å². The molecule has 168 valence electrons. The summed E-state index contributed by atoms with van der Waals surface area (Å²) >= 11 is 5.89. The van der Waals surface area contributed by atoms with Crippen molar-refractivity contribution in [3.8, 4) is 11.4 Å². The van der Waals surface area contributed by atoms with Crippen LogP contribution in [0.3, 0.4) is 0 Å². The summed E-state index contributed by atoms with van der Waals surface area (Å²) in [5.41, 5.74) is 0.881. The van der Waals surface area contributed by atoms with Crippen LogP contribution in [-0.4, -0.2) is 28.3 Å². The Labute approximate surface area is 184 Å². The Kier molecular flexibility index (Phi) is 7.08. The zero-order chi connectivity index (χ0) is 23.3. The van der Waals surface area contributed by atoms with Gasteiger partial charge in [-0.3, -0.25) is 4.79 Å². The van der Waals surface area contributed by atoms with Gasteiger partial charge < -0.3 is 14.7 Å². The van der Waals surface area contributed by atoms with E-state index in [4.69, 9.17) is 16.4 Å². The lowest BCUT2D eigenvalue weighted by molar-refractivity contribution is -0.159. The van der Waals surface area contributed by atoms with Crippen molar-refractivity contribution in [2.24, 2.45) is 5.16 Å². The zero-order valence-corrected chi connectivity index (χ0v) is 17.1. The fourth-order valence-corrected chi connectivity index (χ4v) is 2.68. The highest BCUT2D eigenvalue weighted by molar-refractivity contribution is 6.31. The highest BCUT2D eigenvalue weighted by Crippen LogP contribution is 2.29. The van der Waals surface area contributed by atoms with Gasteiger partial charge in [0.1, 0.15) is 12.4 Å². The van der Waals surface area contributed by atoms with E-state index in [1.165, 1.54) is 42.6 Å². The van der Waals surface area contributed by atoms with E-state index >= 15 is 0 Å². The standard InChI is InChI=1S/C20H15ClF4N4O3/c1-11(9-26-31-10-14-5-6-15(22)8-16(14)21)27-18(30)13-4-2-3-12(7-13)17-28-19(32-29-17)20(23,24)25/h2-9,11H,10H2,1H3,(H,27,30). The van der Waals surface area contributed by atoms with E-state index in [9.17, 15) is 22.4 Å². The number of carbonyl (C=O) groups is 1. The summed E-state index contributed by atoms with van der Waals surface area (Å²) in [6.45, 7) is 1.64. The molecule has 0 fully saturated rings. The van der Waals surface area contributed by atoms with E-state index in [1.54, 1.807) is 6.92 Å². The van der Waals surface area contributed by atoms with Crippen LogP contribution in [0.2, 0.25) is 5.02 Å². The van der Waals surface area contributed by atoms with Gasteiger partial charge in [-0.15, -0.1) is 0 Å². The highest BCUT2D eigenvalue weighted by Gasteiger charge is 2.38. The molecule has 1 unspecified atom stereocenters. The van der Waals surface area contributed by atoms with Crippen molar-refractivity contribution >= 4 is 23.7 Å². The molecule has 0 aliphatic heterocycles. The molecule has 2 aromatic carbocycles. The van der Waals surface area contributed by atoms with Crippen molar-refractivity contribution in [2.75, 3.05) is 0 Å². The number of alkyl halides is 3. The van der Waals surface area contributed by atoms with E-state index in [0.717, 1.165) is 6.07 Å². The first-order chi connectivity index (χ1) is 15.1. The first-order valence-corrected chi connectivity index (χ1v) is 9.43. The third kappa shape index (κ3) is 6.03. The average Bonchev–Trinajstić information content (AvgIpc) is 3.23. The lowest BCUT2D eigenvalue weighted by Crippen LogP contribution is -2.33. The average molecular weight is 471 g/mol. The second kappa shape index (κ2) is 9.77. The topological polar surface area (TPSA) is 89.6 Å². The van der Waals surface area contributed by atoms with Gasteiger partial charge >= 0.3 is 12.1 Å². The predicted octanol–water partition coefficient (Wildman–Crippen LogP) is 4.87. The lowest BCUT2D eigenvalue weighted by atomic mass is 10.1. The van der Waals surface area contributed by atoms with Gasteiger partial charge in [0, 0.05) is 16.7 Å². The van der Waals surface area contributed by atoms with Crippen LogP contribution in [0.15, 0.2) is 52.1 Å². The fraction of sp³-hybridized carbons (Fsp3) is 0.200. The van der Waals surface area contributed by atoms with E-state index in [1.807, 2.05) is 0 Å². The van der Waals surface area contributed by atoms with Crippen LogP contribution in [0.25, 0.3) is 11.4 Å². The van der Waals surface area contributed by atoms with Crippen LogP contribution in [0.5, 0.6) is 0 Å². The van der Waals surface area contributed by atoms with Crippen molar-refractivity contribution < 1.29 is 31.7 Å². The molecule has 3 rings (SSSR count). The Morgan fingerprint density at radius 2 is 2.09 bits per heavy atom. The highest BCUT2D eigenvalue weighted by atomic mass is 35.5. The number of halogens is 5. The molecule has 1 heterocycles. The van der Waals surface area contributed by atoms with Crippen LogP contribution < -0.4 is 5.32 Å². The van der Waals surface area contributed by atoms with Crippen LogP contribution in [-0.2, 0) is 17.6 Å². The normalized spacial score (nSPS) is 12.7. The molecule has 0 aliphatic rings. The molecule has 1 aromatic heterocycles. The number of nitrogens with zero attached hydrogens (tertiary/aromatic N) is 3. The SMILES string of the molecule is CC(C=NOCc1ccc(F)cc1Cl)NC(=O)c1cccc(-c2noc(C(F)(F)F)n2)c1. The van der Waals surface area contributed by atoms with Crippen molar-refractivity contribution in [3.63, 3.8) is 0 Å². The smallest absolute Gasteiger partial charge is 0.391 e. The number of amides is 1. The Hall–Kier alpha value is -3.47. The maximum atomic E-state index is 13.0. The third-order valence-electron chi connectivity index (χ3n) is 4.00. The molecule has 0 saturated carbocycles. The number of hydrogen-bond acceptors (Lipinski definition) is 6. The number of carbonyl (C=O) groups excluding carboxylic acids is 1. The molecule has 1 N–H and O–H groups in total. The largest absolute Gasteiger partial charge is 0.471 e. The first-order valence-electron chi connectivity index (χ1n) is 9.05. The van der Waals surface area contributed by atoms with Crippen molar-refractivity contribution in [1.82, 2.24) is 15.5 Å². The second-order valence-corrected chi connectivity index (χ2v) is 6.93. The maximum Gasteiger partial charge on any atom is 0.471 e. The van der Waals surface area contributed by atoms with Gasteiger partial charge in [-0.05, 0) is 31.2 Å². The predicted molar refractivity (Wildman–Crippen MR) is 106 cm³/mol. The summed E-state index contributed by atoms with van der Waals surface area (Å²) in [5.74, 6) is -2.75. The van der Waals surface area contributed by atoms with Crippen LogP contribution >= 0.6 is 11.6 Å². The number of benzene rings is 2. The fourth-order valence-electron chi connectivity index (χ4n) is 2.46. The van der Waals surface area contributed by atoms with Gasteiger partial charge in [-0.25, -0.2) is 4.39 Å². The molecule has 0 aliphatic carbocycles. The molecule has 7 nitrogen and oxygen atoms in total. The molecular formula is C20H15ClF4N4O3. The van der Waals surface area contributed by atoms with Gasteiger partial charge in [0.25, 0.3) is 5.91 Å². The molecule has 0 saturated heterocycles. The summed E-state index contributed by atoms with van der Waals surface area (Å²) in [5, 5.41) is 9.86. The number of rotatable bonds is 7. The first kappa shape index (κ1) is 23.2. The Morgan fingerprint density at radius 1 is 1.31 bits per heavy atom. The molecule has 3 aromatic rings. The van der Waals surface area contributed by atoms with Crippen molar-refractivity contribution in [3.05, 3.63) is 70.3 Å². The second-order valence-electron chi connectivity index (χ2n) is 6.53. The molecular weight excluding hydrogens is 456 g/mol. The van der Waals surface area contributed by atoms with E-state index in [0.29, 0.717) is 5.56 Å². The Morgan fingerprint density at radius 3 is 2.78 bits per heavy atom. The molecule has 1 amide bonds. The summed E-state index contributed by atoms with van der Waals surface area (Å²) in [7, 11) is 0. The zero-order valence-electron chi connectivity index (χ0n) is 16.4. The van der Waals surface area contributed by atoms with Crippen LogP contribution in [0, 0.1) is 5.82 Å². The molecule has 0 radical (unpaired) electrons. The lowest BCUT2D eigenvalue weighted by Gasteiger charge is -2.10.